The Hall–Kier alpha value is -3.23. The van der Waals surface area contributed by atoms with Gasteiger partial charge in [0.15, 0.2) is 5.69 Å². The number of amides is 1. The number of carbonyl (C=O) groups is 1. The van der Waals surface area contributed by atoms with Gasteiger partial charge in [0, 0.05) is 45.5 Å². The van der Waals surface area contributed by atoms with Gasteiger partial charge in [0.05, 0.1) is 12.7 Å². The fraction of sp³-hybridized carbons (Fsp3) is 0.348. The SMILES string of the molecule is O=C(NCCc1cn[nH]c1)c1coc(CN2CCN(CC=Cc3ccccc3)CC2)n1. The van der Waals surface area contributed by atoms with Crippen molar-refractivity contribution in [3.8, 4) is 0 Å². The van der Waals surface area contributed by atoms with Crippen LogP contribution in [0.25, 0.3) is 6.08 Å². The highest BCUT2D eigenvalue weighted by atomic mass is 16.3. The molecule has 0 unspecified atom stereocenters. The summed E-state index contributed by atoms with van der Waals surface area (Å²) in [5.41, 5.74) is 2.61. The number of piperazine rings is 1. The van der Waals surface area contributed by atoms with Gasteiger partial charge in [0.25, 0.3) is 5.91 Å². The Kier molecular flexibility index (Phi) is 7.25. The standard InChI is InChI=1S/C23H28N6O2/c30-23(24-9-8-20-15-25-26-16-20)21-18-31-22(27-21)17-29-13-11-28(12-14-29)10-4-7-19-5-2-1-3-6-19/h1-7,15-16,18H,8-14,17H2,(H,24,30)(H,25,26). The molecule has 1 aliphatic heterocycles. The summed E-state index contributed by atoms with van der Waals surface area (Å²) in [5.74, 6) is 0.367. The number of aromatic nitrogens is 3. The van der Waals surface area contributed by atoms with E-state index in [0.29, 0.717) is 24.7 Å². The molecule has 2 N–H and O–H groups in total. The molecule has 162 valence electrons. The number of H-pyrrole nitrogens is 1. The van der Waals surface area contributed by atoms with E-state index in [2.05, 4.69) is 66.7 Å². The van der Waals surface area contributed by atoms with Gasteiger partial charge in [-0.2, -0.15) is 5.10 Å². The summed E-state index contributed by atoms with van der Waals surface area (Å²) in [7, 11) is 0. The van der Waals surface area contributed by atoms with E-state index in [-0.39, 0.29) is 5.91 Å². The summed E-state index contributed by atoms with van der Waals surface area (Å²) in [6.07, 6.45) is 10.1. The van der Waals surface area contributed by atoms with Gasteiger partial charge in [0.2, 0.25) is 5.89 Å². The fourth-order valence-electron chi connectivity index (χ4n) is 3.54. The maximum absolute atomic E-state index is 12.2. The van der Waals surface area contributed by atoms with E-state index in [1.54, 1.807) is 6.20 Å². The van der Waals surface area contributed by atoms with Crippen molar-refractivity contribution in [3.63, 3.8) is 0 Å². The lowest BCUT2D eigenvalue weighted by molar-refractivity contribution is 0.0949. The Morgan fingerprint density at radius 2 is 1.97 bits per heavy atom. The second-order valence-corrected chi connectivity index (χ2v) is 7.63. The minimum absolute atomic E-state index is 0.214. The summed E-state index contributed by atoms with van der Waals surface area (Å²) >= 11 is 0. The molecule has 3 heterocycles. The zero-order valence-corrected chi connectivity index (χ0v) is 17.5. The second kappa shape index (κ2) is 10.7. The third-order valence-corrected chi connectivity index (χ3v) is 5.34. The Bertz CT molecular complexity index is 959. The van der Waals surface area contributed by atoms with Crippen LogP contribution < -0.4 is 5.32 Å². The monoisotopic (exact) mass is 420 g/mol. The van der Waals surface area contributed by atoms with Crippen LogP contribution >= 0.6 is 0 Å². The molecule has 2 aromatic heterocycles. The third kappa shape index (κ3) is 6.37. The molecule has 1 aliphatic rings. The maximum atomic E-state index is 12.2. The van der Waals surface area contributed by atoms with Crippen molar-refractivity contribution in [1.82, 2.24) is 30.3 Å². The van der Waals surface area contributed by atoms with E-state index in [4.69, 9.17) is 4.42 Å². The van der Waals surface area contributed by atoms with Gasteiger partial charge < -0.3 is 9.73 Å². The van der Waals surface area contributed by atoms with Crippen LogP contribution in [0.1, 0.15) is 27.5 Å². The van der Waals surface area contributed by atoms with Crippen molar-refractivity contribution < 1.29 is 9.21 Å². The number of aromatic amines is 1. The van der Waals surface area contributed by atoms with Gasteiger partial charge in [-0.3, -0.25) is 19.7 Å². The van der Waals surface area contributed by atoms with Crippen LogP contribution in [0.2, 0.25) is 0 Å². The first-order chi connectivity index (χ1) is 15.3. The average molecular weight is 421 g/mol. The molecule has 0 aliphatic carbocycles. The predicted molar refractivity (Wildman–Crippen MR) is 118 cm³/mol. The first kappa shape index (κ1) is 21.0. The quantitative estimate of drug-likeness (QED) is 0.552. The molecule has 1 saturated heterocycles. The van der Waals surface area contributed by atoms with E-state index >= 15 is 0 Å². The second-order valence-electron chi connectivity index (χ2n) is 7.63. The summed E-state index contributed by atoms with van der Waals surface area (Å²) < 4.78 is 5.53. The summed E-state index contributed by atoms with van der Waals surface area (Å²) in [6, 6.07) is 10.4. The normalized spacial score (nSPS) is 15.5. The van der Waals surface area contributed by atoms with E-state index in [9.17, 15) is 4.79 Å². The molecular weight excluding hydrogens is 392 g/mol. The number of hydrogen-bond acceptors (Lipinski definition) is 6. The molecule has 31 heavy (non-hydrogen) atoms. The molecule has 0 radical (unpaired) electrons. The molecule has 3 aromatic rings. The lowest BCUT2D eigenvalue weighted by atomic mass is 10.2. The highest BCUT2D eigenvalue weighted by Gasteiger charge is 2.19. The Labute approximate surface area is 182 Å². The number of carbonyl (C=O) groups excluding carboxylic acids is 1. The smallest absolute Gasteiger partial charge is 0.273 e. The van der Waals surface area contributed by atoms with Crippen LogP contribution in [0.5, 0.6) is 0 Å². The minimum Gasteiger partial charge on any atom is -0.447 e. The van der Waals surface area contributed by atoms with Gasteiger partial charge in [-0.05, 0) is 17.5 Å². The summed E-state index contributed by atoms with van der Waals surface area (Å²) in [5, 5.41) is 9.51. The average Bonchev–Trinajstić information content (AvgIpc) is 3.48. The number of nitrogens with zero attached hydrogens (tertiary/aromatic N) is 4. The zero-order chi connectivity index (χ0) is 21.3. The van der Waals surface area contributed by atoms with Crippen LogP contribution in [0, 0.1) is 0 Å². The van der Waals surface area contributed by atoms with Gasteiger partial charge in [-0.15, -0.1) is 0 Å². The van der Waals surface area contributed by atoms with Crippen LogP contribution in [-0.2, 0) is 13.0 Å². The number of benzene rings is 1. The molecule has 0 spiro atoms. The van der Waals surface area contributed by atoms with Crippen molar-refractivity contribution in [2.45, 2.75) is 13.0 Å². The highest BCUT2D eigenvalue weighted by molar-refractivity contribution is 5.91. The number of rotatable bonds is 9. The van der Waals surface area contributed by atoms with Crippen molar-refractivity contribution in [2.75, 3.05) is 39.3 Å². The predicted octanol–water partition coefficient (Wildman–Crippen LogP) is 2.20. The summed E-state index contributed by atoms with van der Waals surface area (Å²) in [4.78, 5) is 21.3. The lowest BCUT2D eigenvalue weighted by Crippen LogP contribution is -2.45. The maximum Gasteiger partial charge on any atom is 0.273 e. The fourth-order valence-corrected chi connectivity index (χ4v) is 3.54. The van der Waals surface area contributed by atoms with Crippen molar-refractivity contribution in [2.24, 2.45) is 0 Å². The first-order valence-electron chi connectivity index (χ1n) is 10.6. The molecule has 0 atom stereocenters. The van der Waals surface area contributed by atoms with Gasteiger partial charge in [0.1, 0.15) is 6.26 Å². The summed E-state index contributed by atoms with van der Waals surface area (Å²) in [6.45, 7) is 6.01. The molecule has 1 aromatic carbocycles. The topological polar surface area (TPSA) is 90.3 Å². The van der Waals surface area contributed by atoms with Gasteiger partial charge in [-0.1, -0.05) is 42.5 Å². The molecule has 0 saturated carbocycles. The molecule has 1 fully saturated rings. The van der Waals surface area contributed by atoms with Gasteiger partial charge >= 0.3 is 0 Å². The molecular formula is C23H28N6O2. The molecule has 8 heteroatoms. The highest BCUT2D eigenvalue weighted by Crippen LogP contribution is 2.10. The molecule has 1 amide bonds. The molecule has 0 bridgehead atoms. The van der Waals surface area contributed by atoms with Crippen molar-refractivity contribution in [1.29, 1.82) is 0 Å². The van der Waals surface area contributed by atoms with Crippen LogP contribution in [-0.4, -0.2) is 70.2 Å². The Balaban J connectivity index is 1.16. The first-order valence-corrected chi connectivity index (χ1v) is 10.6. The minimum atomic E-state index is -0.214. The third-order valence-electron chi connectivity index (χ3n) is 5.34. The molecule has 4 rings (SSSR count). The van der Waals surface area contributed by atoms with Crippen molar-refractivity contribution in [3.05, 3.63) is 77.8 Å². The van der Waals surface area contributed by atoms with E-state index in [1.165, 1.54) is 11.8 Å². The van der Waals surface area contributed by atoms with E-state index in [0.717, 1.165) is 44.7 Å². The zero-order valence-electron chi connectivity index (χ0n) is 17.5. The van der Waals surface area contributed by atoms with Gasteiger partial charge in [-0.25, -0.2) is 4.98 Å². The Morgan fingerprint density at radius 1 is 1.16 bits per heavy atom. The van der Waals surface area contributed by atoms with Crippen molar-refractivity contribution >= 4 is 12.0 Å². The number of oxazole rings is 1. The lowest BCUT2D eigenvalue weighted by Gasteiger charge is -2.33. The van der Waals surface area contributed by atoms with Crippen LogP contribution in [0.4, 0.5) is 0 Å². The number of nitrogens with one attached hydrogen (secondary N) is 2. The Morgan fingerprint density at radius 3 is 2.74 bits per heavy atom. The number of hydrogen-bond donors (Lipinski definition) is 2. The van der Waals surface area contributed by atoms with E-state index < -0.39 is 0 Å². The largest absolute Gasteiger partial charge is 0.447 e. The van der Waals surface area contributed by atoms with Crippen LogP contribution in [0.3, 0.4) is 0 Å². The molecule has 8 nitrogen and oxygen atoms in total. The van der Waals surface area contributed by atoms with Crippen LogP contribution in [0.15, 0.2) is 59.5 Å². The van der Waals surface area contributed by atoms with E-state index in [1.807, 2.05) is 12.3 Å².